The molecule has 1 spiro atoms. The zero-order valence-electron chi connectivity index (χ0n) is 21.4. The minimum absolute atomic E-state index is 0.0550. The molecule has 0 radical (unpaired) electrons. The van der Waals surface area contributed by atoms with Crippen molar-refractivity contribution in [2.24, 2.45) is 5.41 Å². The summed E-state index contributed by atoms with van der Waals surface area (Å²) in [5.74, 6) is -0.363. The van der Waals surface area contributed by atoms with Gasteiger partial charge in [0.2, 0.25) is 5.91 Å². The van der Waals surface area contributed by atoms with Crippen molar-refractivity contribution in [3.05, 3.63) is 131 Å². The van der Waals surface area contributed by atoms with E-state index < -0.39 is 34.6 Å². The molecule has 4 aromatic carbocycles. The molecule has 1 saturated carbocycles. The van der Waals surface area contributed by atoms with Crippen LogP contribution in [0.1, 0.15) is 52.4 Å². The maximum absolute atomic E-state index is 14.3. The summed E-state index contributed by atoms with van der Waals surface area (Å²) < 4.78 is 39.9. The summed E-state index contributed by atoms with van der Waals surface area (Å²) >= 11 is 0. The molecule has 2 amide bonds. The Morgan fingerprint density at radius 1 is 0.750 bits per heavy atom. The zero-order valence-corrected chi connectivity index (χ0v) is 21.4. The average molecular weight is 539 g/mol. The molecule has 4 nitrogen and oxygen atoms in total. The Balaban J connectivity index is 1.45. The second kappa shape index (κ2) is 8.55. The van der Waals surface area contributed by atoms with Gasteiger partial charge in [-0.15, -0.1) is 0 Å². The predicted octanol–water partition coefficient (Wildman–Crippen LogP) is 7.52. The molecule has 40 heavy (non-hydrogen) atoms. The number of benzene rings is 4. The fourth-order valence-electron chi connectivity index (χ4n) is 6.85. The van der Waals surface area contributed by atoms with Crippen molar-refractivity contribution in [3.63, 3.8) is 0 Å². The quantitative estimate of drug-likeness (QED) is 0.253. The van der Waals surface area contributed by atoms with Gasteiger partial charge in [0.05, 0.1) is 33.9 Å². The van der Waals surface area contributed by atoms with Crippen molar-refractivity contribution in [1.29, 1.82) is 0 Å². The third-order valence-corrected chi connectivity index (χ3v) is 8.83. The summed E-state index contributed by atoms with van der Waals surface area (Å²) in [7, 11) is 0. The number of fused-ring (bicyclic) bond motifs is 4. The molecule has 1 aliphatic carbocycles. The molecule has 0 aromatic heterocycles. The number of amides is 2. The Bertz CT molecular complexity index is 1620. The second-order valence-corrected chi connectivity index (χ2v) is 10.8. The van der Waals surface area contributed by atoms with E-state index in [1.165, 1.54) is 12.1 Å². The number of β-lactam (4-membered cyclic amide) rings is 1. The van der Waals surface area contributed by atoms with Crippen LogP contribution in [0.15, 0.2) is 109 Å². The molecule has 7 rings (SSSR count). The minimum atomic E-state index is -4.50. The van der Waals surface area contributed by atoms with E-state index in [1.54, 1.807) is 4.90 Å². The number of hydrogen-bond acceptors (Lipinski definition) is 2. The highest BCUT2D eigenvalue weighted by Crippen LogP contribution is 2.74. The van der Waals surface area contributed by atoms with E-state index in [-0.39, 0.29) is 11.5 Å². The lowest BCUT2D eigenvalue weighted by molar-refractivity contribution is -0.139. The second-order valence-electron chi connectivity index (χ2n) is 10.8. The van der Waals surface area contributed by atoms with Gasteiger partial charge < -0.3 is 0 Å². The molecule has 200 valence electrons. The van der Waals surface area contributed by atoms with Gasteiger partial charge in [-0.25, -0.2) is 0 Å². The summed E-state index contributed by atoms with van der Waals surface area (Å²) in [6.07, 6.45) is -2.51. The molecule has 2 heterocycles. The number of nitrogens with zero attached hydrogens (tertiary/aromatic N) is 2. The highest BCUT2D eigenvalue weighted by atomic mass is 19.4. The highest BCUT2D eigenvalue weighted by molar-refractivity contribution is 6.15. The highest BCUT2D eigenvalue weighted by Gasteiger charge is 2.78. The molecule has 2 atom stereocenters. The summed E-state index contributed by atoms with van der Waals surface area (Å²) in [5, 5.41) is 0. The Morgan fingerprint density at radius 2 is 1.32 bits per heavy atom. The average Bonchev–Trinajstić information content (AvgIpc) is 3.82. The fraction of sp³-hybridized carbons (Fsp3) is 0.212. The van der Waals surface area contributed by atoms with Crippen LogP contribution in [0.4, 0.5) is 24.5 Å². The Hall–Kier alpha value is -4.39. The van der Waals surface area contributed by atoms with Gasteiger partial charge in [0, 0.05) is 12.0 Å². The van der Waals surface area contributed by atoms with Crippen molar-refractivity contribution in [3.8, 4) is 0 Å². The van der Waals surface area contributed by atoms with E-state index >= 15 is 0 Å². The predicted molar refractivity (Wildman–Crippen MR) is 146 cm³/mol. The van der Waals surface area contributed by atoms with Crippen LogP contribution in [0.5, 0.6) is 0 Å². The first-order valence-corrected chi connectivity index (χ1v) is 13.3. The monoisotopic (exact) mass is 538 g/mol. The van der Waals surface area contributed by atoms with Crippen LogP contribution in [0.25, 0.3) is 0 Å². The van der Waals surface area contributed by atoms with Crippen molar-refractivity contribution >= 4 is 23.2 Å². The SMILES string of the molecule is O=C(c1ccc(C(F)(F)F)cc1)N1c2ccccc2N2C(=O)C3(CC3)C2(c2ccccc2)CC1c1ccccc1. The first kappa shape index (κ1) is 24.6. The molecule has 4 aromatic rings. The maximum atomic E-state index is 14.3. The molecule has 2 fully saturated rings. The zero-order chi connectivity index (χ0) is 27.7. The van der Waals surface area contributed by atoms with Crippen LogP contribution in [0.3, 0.4) is 0 Å². The number of rotatable bonds is 3. The van der Waals surface area contributed by atoms with Gasteiger partial charge in [0.25, 0.3) is 5.91 Å². The summed E-state index contributed by atoms with van der Waals surface area (Å²) in [5.41, 5.74) is 1.23. The van der Waals surface area contributed by atoms with Crippen LogP contribution in [-0.2, 0) is 16.5 Å². The van der Waals surface area contributed by atoms with Crippen LogP contribution >= 0.6 is 0 Å². The van der Waals surface area contributed by atoms with Gasteiger partial charge >= 0.3 is 6.18 Å². The number of anilines is 2. The fourth-order valence-corrected chi connectivity index (χ4v) is 6.85. The minimum Gasteiger partial charge on any atom is -0.299 e. The van der Waals surface area contributed by atoms with E-state index in [1.807, 2.05) is 77.7 Å². The molecule has 2 aliphatic heterocycles. The van der Waals surface area contributed by atoms with Crippen molar-refractivity contribution < 1.29 is 22.8 Å². The summed E-state index contributed by atoms with van der Waals surface area (Å²) in [4.78, 5) is 31.8. The number of halogens is 3. The van der Waals surface area contributed by atoms with Gasteiger partial charge in [0.1, 0.15) is 0 Å². The lowest BCUT2D eigenvalue weighted by atomic mass is 9.62. The van der Waals surface area contributed by atoms with E-state index in [2.05, 4.69) is 12.1 Å². The standard InChI is InChI=1S/C33H25F3N2O2/c34-33(35,36)25-17-15-23(16-18-25)29(39)37-26-13-7-8-14-27(26)38-30(40)31(19-20-31)32(38,24-11-5-2-6-12-24)21-28(37)22-9-3-1-4-10-22/h1-18,28H,19-21H2. The van der Waals surface area contributed by atoms with Crippen LogP contribution in [0.2, 0.25) is 0 Å². The largest absolute Gasteiger partial charge is 0.416 e. The van der Waals surface area contributed by atoms with Gasteiger partial charge in [0.15, 0.2) is 0 Å². The molecule has 0 bridgehead atoms. The molecular weight excluding hydrogens is 513 g/mol. The third kappa shape index (κ3) is 3.33. The first-order valence-electron chi connectivity index (χ1n) is 13.3. The number of carbonyl (C=O) groups excluding carboxylic acids is 2. The number of hydrogen-bond donors (Lipinski definition) is 0. The van der Waals surface area contributed by atoms with Crippen molar-refractivity contribution in [1.82, 2.24) is 0 Å². The molecule has 3 aliphatic rings. The van der Waals surface area contributed by atoms with E-state index in [9.17, 15) is 22.8 Å². The number of carbonyl (C=O) groups is 2. The van der Waals surface area contributed by atoms with Gasteiger partial charge in [-0.3, -0.25) is 19.4 Å². The van der Waals surface area contributed by atoms with Gasteiger partial charge in [-0.05, 0) is 60.4 Å². The Labute approximate surface area is 229 Å². The molecule has 1 saturated heterocycles. The van der Waals surface area contributed by atoms with Gasteiger partial charge in [-0.1, -0.05) is 72.8 Å². The topological polar surface area (TPSA) is 40.6 Å². The number of alkyl halides is 3. The van der Waals surface area contributed by atoms with Crippen LogP contribution in [0, 0.1) is 5.41 Å². The number of para-hydroxylation sites is 2. The van der Waals surface area contributed by atoms with Gasteiger partial charge in [-0.2, -0.15) is 13.2 Å². The Morgan fingerprint density at radius 3 is 1.93 bits per heavy atom. The molecular formula is C33H25F3N2O2. The molecule has 2 unspecified atom stereocenters. The lowest BCUT2D eigenvalue weighted by Crippen LogP contribution is -2.71. The third-order valence-electron chi connectivity index (χ3n) is 8.83. The molecule has 7 heteroatoms. The van der Waals surface area contributed by atoms with E-state index in [0.29, 0.717) is 17.8 Å². The Kier molecular flexibility index (Phi) is 5.27. The van der Waals surface area contributed by atoms with E-state index in [0.717, 1.165) is 36.1 Å². The van der Waals surface area contributed by atoms with Crippen molar-refractivity contribution in [2.45, 2.75) is 37.0 Å². The first-order chi connectivity index (χ1) is 19.3. The maximum Gasteiger partial charge on any atom is 0.416 e. The molecule has 0 N–H and O–H groups in total. The van der Waals surface area contributed by atoms with E-state index in [4.69, 9.17) is 0 Å². The smallest absolute Gasteiger partial charge is 0.299 e. The normalized spacial score (nSPS) is 22.7. The summed E-state index contributed by atoms with van der Waals surface area (Å²) in [6.45, 7) is 0. The van der Waals surface area contributed by atoms with Crippen LogP contribution < -0.4 is 9.80 Å². The van der Waals surface area contributed by atoms with Crippen LogP contribution in [-0.4, -0.2) is 11.8 Å². The lowest BCUT2D eigenvalue weighted by Gasteiger charge is -2.59. The van der Waals surface area contributed by atoms with Crippen molar-refractivity contribution in [2.75, 3.05) is 9.80 Å². The summed E-state index contributed by atoms with van der Waals surface area (Å²) in [6, 6.07) is 30.9.